The minimum absolute atomic E-state index is 0.0519. The van der Waals surface area contributed by atoms with E-state index in [4.69, 9.17) is 4.74 Å². The second-order valence-electron chi connectivity index (χ2n) is 3.78. The number of benzene rings is 1. The van der Waals surface area contributed by atoms with Crippen LogP contribution in [0.15, 0.2) is 24.3 Å². The predicted octanol–water partition coefficient (Wildman–Crippen LogP) is 2.53. The fourth-order valence-corrected chi connectivity index (χ4v) is 1.43. The number of ether oxygens (including phenoxy) is 1. The van der Waals surface area contributed by atoms with Crippen LogP contribution >= 0.6 is 0 Å². The third-order valence-electron chi connectivity index (χ3n) is 2.09. The summed E-state index contributed by atoms with van der Waals surface area (Å²) in [5.74, 6) is 0.903. The van der Waals surface area contributed by atoms with Gasteiger partial charge >= 0.3 is 0 Å². The summed E-state index contributed by atoms with van der Waals surface area (Å²) in [7, 11) is 0. The van der Waals surface area contributed by atoms with Crippen molar-refractivity contribution >= 4 is 0 Å². The molecule has 2 heteroatoms. The molecule has 0 aliphatic heterocycles. The van der Waals surface area contributed by atoms with Crippen molar-refractivity contribution < 1.29 is 9.84 Å². The molecule has 14 heavy (non-hydrogen) atoms. The highest BCUT2D eigenvalue weighted by Gasteiger charge is 2.08. The van der Waals surface area contributed by atoms with Gasteiger partial charge in [0.05, 0.1) is 12.2 Å². The van der Waals surface area contributed by atoms with E-state index in [1.54, 1.807) is 6.92 Å². The van der Waals surface area contributed by atoms with E-state index in [0.29, 0.717) is 6.42 Å². The molecule has 1 aromatic rings. The Kier molecular flexibility index (Phi) is 3.96. The summed E-state index contributed by atoms with van der Waals surface area (Å²) in [6, 6.07) is 7.91. The average Bonchev–Trinajstić information content (AvgIpc) is 2.07. The maximum atomic E-state index is 9.19. The summed E-state index contributed by atoms with van der Waals surface area (Å²) >= 11 is 0. The molecular formula is C12H18O2. The molecule has 0 amide bonds. The van der Waals surface area contributed by atoms with Gasteiger partial charge in [0.1, 0.15) is 5.75 Å². The van der Waals surface area contributed by atoms with Crippen molar-refractivity contribution in [3.05, 3.63) is 29.8 Å². The summed E-state index contributed by atoms with van der Waals surface area (Å²) in [6.07, 6.45) is 0.402. The fourth-order valence-electron chi connectivity index (χ4n) is 1.43. The second-order valence-corrected chi connectivity index (χ2v) is 3.78. The molecule has 0 saturated heterocycles. The van der Waals surface area contributed by atoms with Crippen LogP contribution in [0.2, 0.25) is 0 Å². The average molecular weight is 194 g/mol. The van der Waals surface area contributed by atoms with Gasteiger partial charge in [-0.3, -0.25) is 0 Å². The smallest absolute Gasteiger partial charge is 0.122 e. The third-order valence-corrected chi connectivity index (χ3v) is 2.09. The molecule has 0 aliphatic carbocycles. The van der Waals surface area contributed by atoms with Gasteiger partial charge in [0, 0.05) is 6.42 Å². The van der Waals surface area contributed by atoms with E-state index in [9.17, 15) is 5.11 Å². The Balaban J connectivity index is 2.56. The quantitative estimate of drug-likeness (QED) is 0.798. The molecule has 78 valence electrons. The van der Waals surface area contributed by atoms with Gasteiger partial charge in [0.15, 0.2) is 0 Å². The molecular weight excluding hydrogens is 176 g/mol. The van der Waals surface area contributed by atoms with Crippen LogP contribution in [0.5, 0.6) is 5.75 Å². The zero-order valence-corrected chi connectivity index (χ0v) is 9.03. The Morgan fingerprint density at radius 1 is 1.29 bits per heavy atom. The molecule has 0 saturated carbocycles. The number of para-hydroxylation sites is 1. The van der Waals surface area contributed by atoms with Gasteiger partial charge in [-0.05, 0) is 32.4 Å². The van der Waals surface area contributed by atoms with E-state index in [1.165, 1.54) is 0 Å². The van der Waals surface area contributed by atoms with Crippen molar-refractivity contribution in [2.24, 2.45) is 0 Å². The van der Waals surface area contributed by atoms with E-state index in [2.05, 4.69) is 0 Å². The Bertz CT molecular complexity index is 281. The summed E-state index contributed by atoms with van der Waals surface area (Å²) in [5, 5.41) is 9.19. The Morgan fingerprint density at radius 3 is 2.50 bits per heavy atom. The van der Waals surface area contributed by atoms with Crippen LogP contribution in [-0.4, -0.2) is 17.3 Å². The highest BCUT2D eigenvalue weighted by molar-refractivity contribution is 5.31. The first kappa shape index (κ1) is 11.1. The van der Waals surface area contributed by atoms with Crippen molar-refractivity contribution in [2.75, 3.05) is 0 Å². The molecule has 1 rings (SSSR count). The number of hydrogen-bond donors (Lipinski definition) is 1. The Labute approximate surface area is 85.5 Å². The van der Waals surface area contributed by atoms with Crippen LogP contribution in [0.4, 0.5) is 0 Å². The first-order valence-corrected chi connectivity index (χ1v) is 5.00. The zero-order chi connectivity index (χ0) is 10.6. The van der Waals surface area contributed by atoms with Gasteiger partial charge in [-0.1, -0.05) is 18.2 Å². The first-order valence-electron chi connectivity index (χ1n) is 5.00. The first-order chi connectivity index (χ1) is 6.59. The van der Waals surface area contributed by atoms with Crippen molar-refractivity contribution in [3.8, 4) is 5.75 Å². The molecule has 0 radical (unpaired) electrons. The Hall–Kier alpha value is -1.02. The van der Waals surface area contributed by atoms with Crippen LogP contribution in [0.3, 0.4) is 0 Å². The molecule has 0 aliphatic rings. The lowest BCUT2D eigenvalue weighted by Gasteiger charge is -2.17. The van der Waals surface area contributed by atoms with Crippen LogP contribution in [0.25, 0.3) is 0 Å². The van der Waals surface area contributed by atoms with E-state index in [-0.39, 0.29) is 12.2 Å². The number of rotatable bonds is 4. The van der Waals surface area contributed by atoms with Gasteiger partial charge in [-0.25, -0.2) is 0 Å². The van der Waals surface area contributed by atoms with Gasteiger partial charge < -0.3 is 9.84 Å². The number of aliphatic hydroxyl groups excluding tert-OH is 1. The summed E-state index contributed by atoms with van der Waals surface area (Å²) < 4.78 is 5.70. The summed E-state index contributed by atoms with van der Waals surface area (Å²) in [5.41, 5.74) is 1.13. The van der Waals surface area contributed by atoms with Gasteiger partial charge in [-0.15, -0.1) is 0 Å². The van der Waals surface area contributed by atoms with Crippen LogP contribution in [0.1, 0.15) is 25.8 Å². The maximum absolute atomic E-state index is 9.19. The summed E-state index contributed by atoms with van der Waals surface area (Å²) in [6.45, 7) is 5.77. The molecule has 1 N–H and O–H groups in total. The maximum Gasteiger partial charge on any atom is 0.122 e. The highest BCUT2D eigenvalue weighted by atomic mass is 16.5. The van der Waals surface area contributed by atoms with Gasteiger partial charge in [0.25, 0.3) is 0 Å². The van der Waals surface area contributed by atoms with Crippen molar-refractivity contribution in [1.82, 2.24) is 0 Å². The van der Waals surface area contributed by atoms with Crippen molar-refractivity contribution in [3.63, 3.8) is 0 Å². The normalized spacial score (nSPS) is 14.9. The number of aryl methyl sites for hydroxylation is 1. The SMILES string of the molecule is Cc1ccccc1OC(C)CC(C)O. The third kappa shape index (κ3) is 3.38. The molecule has 1 aromatic carbocycles. The monoisotopic (exact) mass is 194 g/mol. The molecule has 2 unspecified atom stereocenters. The molecule has 0 fully saturated rings. The van der Waals surface area contributed by atoms with Crippen LogP contribution in [0, 0.1) is 6.92 Å². The lowest BCUT2D eigenvalue weighted by molar-refractivity contribution is 0.115. The molecule has 0 aromatic heterocycles. The predicted molar refractivity (Wildman–Crippen MR) is 57.6 cm³/mol. The van der Waals surface area contributed by atoms with E-state index < -0.39 is 0 Å². The Morgan fingerprint density at radius 2 is 1.93 bits per heavy atom. The number of aliphatic hydroxyl groups is 1. The van der Waals surface area contributed by atoms with E-state index >= 15 is 0 Å². The lowest BCUT2D eigenvalue weighted by atomic mass is 10.2. The lowest BCUT2D eigenvalue weighted by Crippen LogP contribution is -2.18. The molecule has 2 atom stereocenters. The largest absolute Gasteiger partial charge is 0.490 e. The molecule has 0 bridgehead atoms. The molecule has 0 heterocycles. The fraction of sp³-hybridized carbons (Fsp3) is 0.500. The minimum Gasteiger partial charge on any atom is -0.490 e. The van der Waals surface area contributed by atoms with E-state index in [1.807, 2.05) is 38.1 Å². The summed E-state index contributed by atoms with van der Waals surface area (Å²) in [4.78, 5) is 0. The minimum atomic E-state index is -0.311. The van der Waals surface area contributed by atoms with Gasteiger partial charge in [0.2, 0.25) is 0 Å². The van der Waals surface area contributed by atoms with Crippen LogP contribution < -0.4 is 4.74 Å². The standard InChI is InChI=1S/C12H18O2/c1-9-6-4-5-7-12(9)14-11(3)8-10(2)13/h4-7,10-11,13H,8H2,1-3H3. The van der Waals surface area contributed by atoms with Gasteiger partial charge in [-0.2, -0.15) is 0 Å². The molecule has 0 spiro atoms. The zero-order valence-electron chi connectivity index (χ0n) is 9.03. The van der Waals surface area contributed by atoms with Crippen LogP contribution in [-0.2, 0) is 0 Å². The van der Waals surface area contributed by atoms with E-state index in [0.717, 1.165) is 11.3 Å². The second kappa shape index (κ2) is 5.01. The molecule has 2 nitrogen and oxygen atoms in total. The highest BCUT2D eigenvalue weighted by Crippen LogP contribution is 2.18. The van der Waals surface area contributed by atoms with Crippen molar-refractivity contribution in [1.29, 1.82) is 0 Å². The number of hydrogen-bond acceptors (Lipinski definition) is 2. The topological polar surface area (TPSA) is 29.5 Å². The van der Waals surface area contributed by atoms with Crippen molar-refractivity contribution in [2.45, 2.75) is 39.4 Å².